The predicted molar refractivity (Wildman–Crippen MR) is 173 cm³/mol. The molecule has 0 bridgehead atoms. The SMILES string of the molecule is COc1cc(-c2ccc(N=N[C@@H](C(C)=O)C(=O)Nc3ccccc3)c(OC)c2)ccc1N=N[C@H](C(C)=O)C(=O)Nc1ccccc1. The van der Waals surface area contributed by atoms with Gasteiger partial charge in [0.1, 0.15) is 22.9 Å². The van der Waals surface area contributed by atoms with Gasteiger partial charge in [-0.15, -0.1) is 0 Å². The number of para-hydroxylation sites is 2. The number of nitrogens with zero attached hydrogens (tertiary/aromatic N) is 4. The number of hydrogen-bond acceptors (Lipinski definition) is 10. The van der Waals surface area contributed by atoms with Gasteiger partial charge in [0.05, 0.1) is 14.2 Å². The van der Waals surface area contributed by atoms with Crippen LogP contribution in [0.1, 0.15) is 13.8 Å². The number of Topliss-reactive ketones (excluding diaryl/α,β-unsaturated/α-hetero) is 2. The van der Waals surface area contributed by atoms with Crippen LogP contribution in [0.25, 0.3) is 11.1 Å². The summed E-state index contributed by atoms with van der Waals surface area (Å²) in [6.45, 7) is 2.54. The monoisotopic (exact) mass is 620 g/mol. The van der Waals surface area contributed by atoms with E-state index in [-0.39, 0.29) is 0 Å². The number of rotatable bonds is 13. The minimum Gasteiger partial charge on any atom is -0.494 e. The van der Waals surface area contributed by atoms with Crippen LogP contribution in [-0.2, 0) is 19.2 Å². The van der Waals surface area contributed by atoms with E-state index in [0.29, 0.717) is 34.2 Å². The number of amides is 2. The molecule has 0 radical (unpaired) electrons. The van der Waals surface area contributed by atoms with Crippen molar-refractivity contribution in [1.29, 1.82) is 0 Å². The van der Waals surface area contributed by atoms with Crippen LogP contribution in [0.5, 0.6) is 11.5 Å². The number of carbonyl (C=O) groups excluding carboxylic acids is 4. The topological polar surface area (TPSA) is 160 Å². The highest BCUT2D eigenvalue weighted by atomic mass is 16.5. The fraction of sp³-hybridized carbons (Fsp3) is 0.176. The number of carbonyl (C=O) groups is 4. The van der Waals surface area contributed by atoms with Gasteiger partial charge in [-0.2, -0.15) is 20.5 Å². The molecule has 2 amide bonds. The van der Waals surface area contributed by atoms with Crippen LogP contribution in [0, 0.1) is 0 Å². The predicted octanol–water partition coefficient (Wildman–Crippen LogP) is 6.73. The summed E-state index contributed by atoms with van der Waals surface area (Å²) in [6, 6.07) is 25.0. The standard InChI is InChI=1S/C34H32N6O6/c1-21(41)31(33(43)35-25-11-7-5-8-12-25)39-37-27-17-15-23(19-29(27)45-3)24-16-18-28(30(20-24)46-4)38-40-32(22(2)42)34(44)36-26-13-9-6-10-14-26/h5-20,31-32H,1-4H3,(H,35,43)(H,36,44)/t31-,32+. The van der Waals surface area contributed by atoms with Crippen molar-refractivity contribution in [1.82, 2.24) is 0 Å². The van der Waals surface area contributed by atoms with Gasteiger partial charge in [-0.05, 0) is 73.5 Å². The van der Waals surface area contributed by atoms with Crippen LogP contribution in [0.15, 0.2) is 118 Å². The van der Waals surface area contributed by atoms with Crippen molar-refractivity contribution in [3.63, 3.8) is 0 Å². The molecule has 0 fully saturated rings. The van der Waals surface area contributed by atoms with Crippen LogP contribution in [0.3, 0.4) is 0 Å². The number of benzene rings is 4. The van der Waals surface area contributed by atoms with E-state index in [9.17, 15) is 19.2 Å². The lowest BCUT2D eigenvalue weighted by Gasteiger charge is -2.12. The molecule has 0 saturated heterocycles. The van der Waals surface area contributed by atoms with Gasteiger partial charge in [0.2, 0.25) is 12.1 Å². The van der Waals surface area contributed by atoms with Crippen LogP contribution in [0.2, 0.25) is 0 Å². The molecule has 2 atom stereocenters. The molecule has 0 aliphatic rings. The molecule has 4 aromatic rings. The number of ether oxygens (including phenoxy) is 2. The van der Waals surface area contributed by atoms with Crippen molar-refractivity contribution in [3.05, 3.63) is 97.1 Å². The van der Waals surface area contributed by atoms with E-state index >= 15 is 0 Å². The maximum absolute atomic E-state index is 12.7. The highest BCUT2D eigenvalue weighted by Crippen LogP contribution is 2.37. The lowest BCUT2D eigenvalue weighted by atomic mass is 10.0. The Kier molecular flexibility index (Phi) is 11.2. The molecule has 12 nitrogen and oxygen atoms in total. The van der Waals surface area contributed by atoms with Gasteiger partial charge in [-0.1, -0.05) is 48.5 Å². The number of hydrogen-bond donors (Lipinski definition) is 2. The largest absolute Gasteiger partial charge is 0.494 e. The van der Waals surface area contributed by atoms with E-state index in [4.69, 9.17) is 9.47 Å². The molecule has 12 heteroatoms. The first-order chi connectivity index (χ1) is 22.2. The van der Waals surface area contributed by atoms with Crippen LogP contribution < -0.4 is 20.1 Å². The maximum atomic E-state index is 12.7. The molecule has 4 aromatic carbocycles. The quantitative estimate of drug-likeness (QED) is 0.124. The maximum Gasteiger partial charge on any atom is 0.258 e. The van der Waals surface area contributed by atoms with Gasteiger partial charge >= 0.3 is 0 Å². The Morgan fingerprint density at radius 1 is 0.565 bits per heavy atom. The molecule has 2 N–H and O–H groups in total. The Balaban J connectivity index is 1.53. The molecule has 0 aliphatic heterocycles. The number of azo groups is 2. The molecule has 4 rings (SSSR count). The van der Waals surface area contributed by atoms with Crippen molar-refractivity contribution in [2.24, 2.45) is 20.5 Å². The molecular weight excluding hydrogens is 588 g/mol. The van der Waals surface area contributed by atoms with Crippen LogP contribution in [0.4, 0.5) is 22.7 Å². The zero-order chi connectivity index (χ0) is 33.1. The van der Waals surface area contributed by atoms with Gasteiger partial charge in [0.15, 0.2) is 11.6 Å². The van der Waals surface area contributed by atoms with E-state index in [1.807, 2.05) is 12.1 Å². The molecule has 0 aromatic heterocycles. The minimum atomic E-state index is -1.34. The first-order valence-electron chi connectivity index (χ1n) is 14.1. The van der Waals surface area contributed by atoms with E-state index in [1.54, 1.807) is 84.9 Å². The van der Waals surface area contributed by atoms with E-state index in [1.165, 1.54) is 28.1 Å². The minimum absolute atomic E-state index is 0.312. The summed E-state index contributed by atoms with van der Waals surface area (Å²) >= 11 is 0. The fourth-order valence-corrected chi connectivity index (χ4v) is 4.22. The van der Waals surface area contributed by atoms with Gasteiger partial charge in [-0.3, -0.25) is 19.2 Å². The molecule has 46 heavy (non-hydrogen) atoms. The molecule has 0 spiro atoms. The Bertz CT molecular complexity index is 1640. The zero-order valence-electron chi connectivity index (χ0n) is 25.6. The van der Waals surface area contributed by atoms with E-state index < -0.39 is 35.5 Å². The first kappa shape index (κ1) is 32.9. The van der Waals surface area contributed by atoms with E-state index in [2.05, 4.69) is 31.1 Å². The zero-order valence-corrected chi connectivity index (χ0v) is 25.6. The average Bonchev–Trinajstić information content (AvgIpc) is 3.05. The van der Waals surface area contributed by atoms with Gasteiger partial charge in [0.25, 0.3) is 11.8 Å². The molecule has 0 aliphatic carbocycles. The van der Waals surface area contributed by atoms with Crippen LogP contribution in [-0.4, -0.2) is 49.7 Å². The molecule has 234 valence electrons. The van der Waals surface area contributed by atoms with Crippen molar-refractivity contribution in [2.45, 2.75) is 25.9 Å². The number of methoxy groups -OCH3 is 2. The number of anilines is 2. The Morgan fingerprint density at radius 3 is 1.26 bits per heavy atom. The highest BCUT2D eigenvalue weighted by Gasteiger charge is 2.24. The summed E-state index contributed by atoms with van der Waals surface area (Å²) in [4.78, 5) is 49.8. The van der Waals surface area contributed by atoms with Crippen molar-refractivity contribution in [3.8, 4) is 22.6 Å². The van der Waals surface area contributed by atoms with Crippen LogP contribution >= 0.6 is 0 Å². The Hall–Kier alpha value is -6.04. The summed E-state index contributed by atoms with van der Waals surface area (Å²) in [7, 11) is 2.93. The second-order valence-corrected chi connectivity index (χ2v) is 9.94. The molecular formula is C34H32N6O6. The van der Waals surface area contributed by atoms with Crippen molar-refractivity contribution < 1.29 is 28.7 Å². The normalized spacial score (nSPS) is 12.3. The lowest BCUT2D eigenvalue weighted by molar-refractivity contribution is -0.127. The van der Waals surface area contributed by atoms with E-state index in [0.717, 1.165) is 11.1 Å². The molecule has 0 unspecified atom stereocenters. The van der Waals surface area contributed by atoms with Crippen molar-refractivity contribution in [2.75, 3.05) is 24.9 Å². The third kappa shape index (κ3) is 8.53. The summed E-state index contributed by atoms with van der Waals surface area (Å²) in [6.07, 6.45) is 0. The van der Waals surface area contributed by atoms with Gasteiger partial charge in [-0.25, -0.2) is 0 Å². The number of ketones is 2. The molecule has 0 saturated carbocycles. The Labute approximate surface area is 265 Å². The third-order valence-electron chi connectivity index (χ3n) is 6.60. The summed E-state index contributed by atoms with van der Waals surface area (Å²) in [5, 5.41) is 21.6. The summed E-state index contributed by atoms with van der Waals surface area (Å²) in [5.74, 6) is -1.44. The summed E-state index contributed by atoms with van der Waals surface area (Å²) in [5.41, 5.74) is 3.15. The van der Waals surface area contributed by atoms with Gasteiger partial charge < -0.3 is 20.1 Å². The fourth-order valence-electron chi connectivity index (χ4n) is 4.22. The second kappa shape index (κ2) is 15.6. The van der Waals surface area contributed by atoms with Crippen molar-refractivity contribution >= 4 is 46.1 Å². The molecule has 0 heterocycles. The Morgan fingerprint density at radius 2 is 0.935 bits per heavy atom. The summed E-state index contributed by atoms with van der Waals surface area (Å²) < 4.78 is 11.0. The average molecular weight is 621 g/mol. The lowest BCUT2D eigenvalue weighted by Crippen LogP contribution is -2.31. The highest BCUT2D eigenvalue weighted by molar-refractivity contribution is 6.10. The smallest absolute Gasteiger partial charge is 0.258 e. The number of nitrogens with one attached hydrogen (secondary N) is 2. The second-order valence-electron chi connectivity index (χ2n) is 9.94. The van der Waals surface area contributed by atoms with Gasteiger partial charge in [0, 0.05) is 11.4 Å². The first-order valence-corrected chi connectivity index (χ1v) is 14.1. The third-order valence-corrected chi connectivity index (χ3v) is 6.60.